The van der Waals surface area contributed by atoms with Gasteiger partial charge in [0.15, 0.2) is 0 Å². The quantitative estimate of drug-likeness (QED) is 0.365. The van der Waals surface area contributed by atoms with Crippen LogP contribution in [0.1, 0.15) is 13.8 Å². The fourth-order valence-corrected chi connectivity index (χ4v) is 0.867. The van der Waals surface area contributed by atoms with Gasteiger partial charge in [0.1, 0.15) is 11.8 Å². The maximum atomic E-state index is 5.78. The maximum Gasteiger partial charge on any atom is 0.133 e. The van der Waals surface area contributed by atoms with Gasteiger partial charge in [-0.15, -0.1) is 0 Å². The molecule has 0 radical (unpaired) electrons. The summed E-state index contributed by atoms with van der Waals surface area (Å²) in [6.45, 7) is 3.98. The summed E-state index contributed by atoms with van der Waals surface area (Å²) >= 11 is 5.78. The zero-order valence-corrected chi connectivity index (χ0v) is 6.26. The molecular weight excluding hydrogens is 136 g/mol. The predicted octanol–water partition coefficient (Wildman–Crippen LogP) is 1.69. The van der Waals surface area contributed by atoms with Gasteiger partial charge in [-0.3, -0.25) is 4.99 Å². The van der Waals surface area contributed by atoms with Crippen LogP contribution in [-0.4, -0.2) is 17.6 Å². The molecule has 0 aromatic heterocycles. The lowest BCUT2D eigenvalue weighted by atomic mass is 10.1. The SMILES string of the molecule is CC1=NC=NC(Cl)C1C. The smallest absolute Gasteiger partial charge is 0.133 e. The lowest BCUT2D eigenvalue weighted by Gasteiger charge is -2.15. The van der Waals surface area contributed by atoms with Gasteiger partial charge < -0.3 is 0 Å². The van der Waals surface area contributed by atoms with E-state index in [1.54, 1.807) is 0 Å². The van der Waals surface area contributed by atoms with Crippen LogP contribution < -0.4 is 0 Å². The summed E-state index contributed by atoms with van der Waals surface area (Å²) in [5, 5.41) is 0. The van der Waals surface area contributed by atoms with Crippen molar-refractivity contribution in [3.8, 4) is 0 Å². The minimum Gasteiger partial charge on any atom is -0.253 e. The van der Waals surface area contributed by atoms with Crippen molar-refractivity contribution in [2.75, 3.05) is 0 Å². The Balaban J connectivity index is 2.73. The number of nitrogens with zero attached hydrogens (tertiary/aromatic N) is 2. The first-order chi connectivity index (χ1) is 4.22. The van der Waals surface area contributed by atoms with Gasteiger partial charge in [0.05, 0.1) is 0 Å². The van der Waals surface area contributed by atoms with Gasteiger partial charge in [0.25, 0.3) is 0 Å². The minimum absolute atomic E-state index is 0.109. The van der Waals surface area contributed by atoms with Crippen LogP contribution >= 0.6 is 11.6 Å². The molecule has 0 fully saturated rings. The molecule has 2 atom stereocenters. The first-order valence-electron chi connectivity index (χ1n) is 2.92. The lowest BCUT2D eigenvalue weighted by Crippen LogP contribution is -2.20. The molecule has 0 N–H and O–H groups in total. The van der Waals surface area contributed by atoms with Gasteiger partial charge in [0.2, 0.25) is 0 Å². The van der Waals surface area contributed by atoms with Crippen LogP contribution in [0.25, 0.3) is 0 Å². The van der Waals surface area contributed by atoms with Gasteiger partial charge in [-0.1, -0.05) is 18.5 Å². The molecule has 2 nitrogen and oxygen atoms in total. The van der Waals surface area contributed by atoms with E-state index in [0.29, 0.717) is 0 Å². The van der Waals surface area contributed by atoms with Crippen LogP contribution in [0.5, 0.6) is 0 Å². The van der Waals surface area contributed by atoms with Crippen molar-refractivity contribution in [2.45, 2.75) is 19.3 Å². The third-order valence-corrected chi connectivity index (χ3v) is 2.03. The summed E-state index contributed by atoms with van der Waals surface area (Å²) in [6.07, 6.45) is 1.52. The molecule has 0 saturated heterocycles. The number of rotatable bonds is 0. The summed E-state index contributed by atoms with van der Waals surface area (Å²) in [6, 6.07) is 0. The molecular formula is C6H9ClN2. The van der Waals surface area contributed by atoms with Crippen molar-refractivity contribution in [3.05, 3.63) is 0 Å². The Labute approximate surface area is 59.7 Å². The second-order valence-corrected chi connectivity index (χ2v) is 2.64. The molecule has 0 aromatic rings. The fourth-order valence-electron chi connectivity index (χ4n) is 0.634. The molecule has 1 aliphatic rings. The third-order valence-electron chi connectivity index (χ3n) is 1.54. The number of halogens is 1. The standard InChI is InChI=1S/C6H9ClN2/c1-4-5(2)8-3-9-6(4)7/h3-4,6H,1-2H3. The van der Waals surface area contributed by atoms with Gasteiger partial charge in [-0.2, -0.15) is 0 Å². The maximum absolute atomic E-state index is 5.78. The van der Waals surface area contributed by atoms with Crippen LogP contribution in [0, 0.1) is 5.92 Å². The molecule has 0 bridgehead atoms. The lowest BCUT2D eigenvalue weighted by molar-refractivity contribution is 0.715. The Morgan fingerprint density at radius 2 is 2.33 bits per heavy atom. The third kappa shape index (κ3) is 1.30. The molecule has 2 unspecified atom stereocenters. The zero-order valence-electron chi connectivity index (χ0n) is 5.50. The summed E-state index contributed by atoms with van der Waals surface area (Å²) in [5.74, 6) is 0.289. The molecule has 1 rings (SSSR count). The first-order valence-corrected chi connectivity index (χ1v) is 3.35. The Hall–Kier alpha value is -0.370. The second-order valence-electron chi connectivity index (χ2n) is 2.20. The van der Waals surface area contributed by atoms with Gasteiger partial charge in [-0.05, 0) is 6.92 Å². The number of alkyl halides is 1. The van der Waals surface area contributed by atoms with Crippen LogP contribution in [-0.2, 0) is 0 Å². The van der Waals surface area contributed by atoms with Crippen molar-refractivity contribution in [2.24, 2.45) is 15.9 Å². The Morgan fingerprint density at radius 1 is 1.67 bits per heavy atom. The van der Waals surface area contributed by atoms with Crippen molar-refractivity contribution in [3.63, 3.8) is 0 Å². The monoisotopic (exact) mass is 144 g/mol. The van der Waals surface area contributed by atoms with Crippen molar-refractivity contribution >= 4 is 23.7 Å². The molecule has 0 aromatic carbocycles. The van der Waals surface area contributed by atoms with Gasteiger partial charge >= 0.3 is 0 Å². The molecule has 0 aliphatic carbocycles. The molecule has 1 aliphatic heterocycles. The topological polar surface area (TPSA) is 24.7 Å². The average Bonchev–Trinajstić information content (AvgIpc) is 1.83. The highest BCUT2D eigenvalue weighted by molar-refractivity contribution is 6.23. The van der Waals surface area contributed by atoms with Crippen molar-refractivity contribution in [1.29, 1.82) is 0 Å². The molecule has 0 spiro atoms. The van der Waals surface area contributed by atoms with Gasteiger partial charge in [0, 0.05) is 11.6 Å². The van der Waals surface area contributed by atoms with E-state index in [2.05, 4.69) is 9.98 Å². The summed E-state index contributed by atoms with van der Waals surface area (Å²) in [5.41, 5.74) is 0.951. The Morgan fingerprint density at radius 3 is 2.78 bits per heavy atom. The van der Waals surface area contributed by atoms with Gasteiger partial charge in [-0.25, -0.2) is 4.99 Å². The van der Waals surface area contributed by atoms with E-state index in [1.807, 2.05) is 13.8 Å². The normalized spacial score (nSPS) is 34.3. The minimum atomic E-state index is -0.109. The molecule has 9 heavy (non-hydrogen) atoms. The summed E-state index contributed by atoms with van der Waals surface area (Å²) in [7, 11) is 0. The van der Waals surface area contributed by atoms with E-state index < -0.39 is 0 Å². The van der Waals surface area contributed by atoms with E-state index in [9.17, 15) is 0 Å². The van der Waals surface area contributed by atoms with Crippen molar-refractivity contribution < 1.29 is 0 Å². The Kier molecular flexibility index (Phi) is 1.86. The fraction of sp³-hybridized carbons (Fsp3) is 0.667. The van der Waals surface area contributed by atoms with E-state index in [1.165, 1.54) is 6.34 Å². The highest BCUT2D eigenvalue weighted by atomic mass is 35.5. The highest BCUT2D eigenvalue weighted by Gasteiger charge is 2.17. The van der Waals surface area contributed by atoms with E-state index >= 15 is 0 Å². The largest absolute Gasteiger partial charge is 0.253 e. The van der Waals surface area contributed by atoms with Crippen LogP contribution in [0.3, 0.4) is 0 Å². The van der Waals surface area contributed by atoms with E-state index in [-0.39, 0.29) is 11.4 Å². The summed E-state index contributed by atoms with van der Waals surface area (Å²) < 4.78 is 0. The Bertz CT molecular complexity index is 162. The van der Waals surface area contributed by atoms with Crippen LogP contribution in [0.2, 0.25) is 0 Å². The first kappa shape index (κ1) is 6.75. The van der Waals surface area contributed by atoms with Crippen molar-refractivity contribution in [1.82, 2.24) is 0 Å². The molecule has 50 valence electrons. The molecule has 0 amide bonds. The average molecular weight is 145 g/mol. The highest BCUT2D eigenvalue weighted by Crippen LogP contribution is 2.15. The number of hydrogen-bond acceptors (Lipinski definition) is 2. The predicted molar refractivity (Wildman–Crippen MR) is 40.4 cm³/mol. The van der Waals surface area contributed by atoms with Crippen LogP contribution in [0.4, 0.5) is 0 Å². The molecule has 0 saturated carbocycles. The summed E-state index contributed by atoms with van der Waals surface area (Å²) in [4.78, 5) is 7.92. The number of hydrogen-bond donors (Lipinski definition) is 0. The second kappa shape index (κ2) is 2.48. The zero-order chi connectivity index (χ0) is 6.85. The molecule has 3 heteroatoms. The molecule has 1 heterocycles. The van der Waals surface area contributed by atoms with E-state index in [0.717, 1.165) is 5.71 Å². The van der Waals surface area contributed by atoms with Crippen LogP contribution in [0.15, 0.2) is 9.98 Å². The number of aliphatic imine (C=N–C) groups is 2. The van der Waals surface area contributed by atoms with E-state index in [4.69, 9.17) is 11.6 Å².